The summed E-state index contributed by atoms with van der Waals surface area (Å²) in [6, 6.07) is 0. The molecule has 0 spiro atoms. The predicted molar refractivity (Wildman–Crippen MR) is 44.0 cm³/mol. The Balaban J connectivity index is 4.32. The number of rotatable bonds is 5. The van der Waals surface area contributed by atoms with Gasteiger partial charge in [-0.05, 0) is 6.92 Å². The van der Waals surface area contributed by atoms with Gasteiger partial charge in [0.05, 0.1) is 12.0 Å². The van der Waals surface area contributed by atoms with Crippen LogP contribution in [0.1, 0.15) is 13.8 Å². The van der Waals surface area contributed by atoms with E-state index in [1.165, 1.54) is 13.8 Å². The highest BCUT2D eigenvalue weighted by Crippen LogP contribution is 2.15. The summed E-state index contributed by atoms with van der Waals surface area (Å²) >= 11 is 0. The Hall–Kier alpha value is -0.940. The second-order valence-electron chi connectivity index (χ2n) is 3.10. The van der Waals surface area contributed by atoms with Gasteiger partial charge in [0.2, 0.25) is 0 Å². The predicted octanol–water partition coefficient (Wildman–Crippen LogP) is -0.736. The molecule has 0 fully saturated rings. The van der Waals surface area contributed by atoms with Gasteiger partial charge in [0.25, 0.3) is 0 Å². The lowest BCUT2D eigenvalue weighted by atomic mass is 9.90. The summed E-state index contributed by atoms with van der Waals surface area (Å²) in [6.45, 7) is 2.74. The van der Waals surface area contributed by atoms with Crippen LogP contribution in [-0.2, 0) is 9.59 Å². The number of hydrogen-bond donors (Lipinski definition) is 3. The SMILES string of the molecule is C[C@@H]([C@H](O)[C@@H](C)C(=O)O)[C@H](O)C=O. The summed E-state index contributed by atoms with van der Waals surface area (Å²) in [5.41, 5.74) is 0. The van der Waals surface area contributed by atoms with E-state index in [2.05, 4.69) is 0 Å². The van der Waals surface area contributed by atoms with Crippen LogP contribution in [0.15, 0.2) is 0 Å². The molecule has 0 saturated carbocycles. The van der Waals surface area contributed by atoms with Crippen LogP contribution in [0.2, 0.25) is 0 Å². The number of aliphatic carboxylic acids is 1. The zero-order chi connectivity index (χ0) is 10.6. The lowest BCUT2D eigenvalue weighted by molar-refractivity contribution is -0.148. The van der Waals surface area contributed by atoms with Gasteiger partial charge in [0, 0.05) is 5.92 Å². The van der Waals surface area contributed by atoms with Crippen molar-refractivity contribution in [3.8, 4) is 0 Å². The highest BCUT2D eigenvalue weighted by atomic mass is 16.4. The molecule has 0 aromatic carbocycles. The molecule has 0 aliphatic heterocycles. The third-order valence-corrected chi connectivity index (χ3v) is 2.12. The first kappa shape index (κ1) is 12.1. The molecule has 0 aliphatic carbocycles. The standard InChI is InChI=1S/C8H14O5/c1-4(6(10)3-9)7(11)5(2)8(12)13/h3-7,10-11H,1-2H3,(H,12,13)/t4-,5-,6-,7+/m1/s1. The van der Waals surface area contributed by atoms with E-state index in [4.69, 9.17) is 10.2 Å². The van der Waals surface area contributed by atoms with Crippen LogP contribution in [0, 0.1) is 11.8 Å². The molecule has 0 radical (unpaired) electrons. The van der Waals surface area contributed by atoms with E-state index in [1.54, 1.807) is 0 Å². The zero-order valence-corrected chi connectivity index (χ0v) is 7.54. The highest BCUT2D eigenvalue weighted by molar-refractivity contribution is 5.70. The molecule has 0 bridgehead atoms. The third-order valence-electron chi connectivity index (χ3n) is 2.12. The molecule has 0 aromatic heterocycles. The summed E-state index contributed by atoms with van der Waals surface area (Å²) < 4.78 is 0. The monoisotopic (exact) mass is 190 g/mol. The van der Waals surface area contributed by atoms with Gasteiger partial charge in [0.1, 0.15) is 12.4 Å². The summed E-state index contributed by atoms with van der Waals surface area (Å²) in [4.78, 5) is 20.6. The van der Waals surface area contributed by atoms with Crippen LogP contribution >= 0.6 is 0 Å². The van der Waals surface area contributed by atoms with E-state index in [0.717, 1.165) is 0 Å². The molecule has 0 amide bonds. The Morgan fingerprint density at radius 2 is 1.77 bits per heavy atom. The van der Waals surface area contributed by atoms with Gasteiger partial charge >= 0.3 is 5.97 Å². The van der Waals surface area contributed by atoms with E-state index >= 15 is 0 Å². The van der Waals surface area contributed by atoms with E-state index < -0.39 is 30.0 Å². The molecular formula is C8H14O5. The fraction of sp³-hybridized carbons (Fsp3) is 0.750. The van der Waals surface area contributed by atoms with Gasteiger partial charge in [-0.25, -0.2) is 0 Å². The van der Waals surface area contributed by atoms with Gasteiger partial charge in [-0.1, -0.05) is 6.92 Å². The van der Waals surface area contributed by atoms with Crippen LogP contribution < -0.4 is 0 Å². The number of hydrogen-bond acceptors (Lipinski definition) is 4. The second-order valence-corrected chi connectivity index (χ2v) is 3.10. The maximum absolute atomic E-state index is 10.4. The van der Waals surface area contributed by atoms with Crippen molar-refractivity contribution >= 4 is 12.3 Å². The van der Waals surface area contributed by atoms with E-state index in [1.807, 2.05) is 0 Å². The van der Waals surface area contributed by atoms with Gasteiger partial charge in [0.15, 0.2) is 0 Å². The Bertz CT molecular complexity index is 191. The van der Waals surface area contributed by atoms with Crippen molar-refractivity contribution in [2.24, 2.45) is 11.8 Å². The fourth-order valence-corrected chi connectivity index (χ4v) is 0.927. The average Bonchev–Trinajstić information content (AvgIpc) is 2.12. The van der Waals surface area contributed by atoms with Gasteiger partial charge in [-0.3, -0.25) is 4.79 Å². The first-order chi connectivity index (χ1) is 5.91. The Morgan fingerprint density at radius 3 is 2.08 bits per heavy atom. The summed E-state index contributed by atoms with van der Waals surface area (Å²) in [5, 5.41) is 26.9. The quantitative estimate of drug-likeness (QED) is 0.496. The molecule has 76 valence electrons. The maximum Gasteiger partial charge on any atom is 0.308 e. The largest absolute Gasteiger partial charge is 0.481 e. The molecule has 13 heavy (non-hydrogen) atoms. The number of aldehydes is 1. The number of aliphatic hydroxyl groups excluding tert-OH is 2. The topological polar surface area (TPSA) is 94.8 Å². The second kappa shape index (κ2) is 4.94. The first-order valence-corrected chi connectivity index (χ1v) is 3.96. The third kappa shape index (κ3) is 3.12. The van der Waals surface area contributed by atoms with Crippen molar-refractivity contribution in [1.82, 2.24) is 0 Å². The molecule has 3 N–H and O–H groups in total. The highest BCUT2D eigenvalue weighted by Gasteiger charge is 2.30. The zero-order valence-electron chi connectivity index (χ0n) is 7.54. The van der Waals surface area contributed by atoms with Crippen molar-refractivity contribution in [2.45, 2.75) is 26.1 Å². The normalized spacial score (nSPS) is 20.0. The average molecular weight is 190 g/mol. The molecular weight excluding hydrogens is 176 g/mol. The molecule has 0 unspecified atom stereocenters. The number of carboxylic acid groups (broad SMARTS) is 1. The minimum atomic E-state index is -1.32. The number of carbonyl (C=O) groups excluding carboxylic acids is 1. The molecule has 4 atom stereocenters. The minimum Gasteiger partial charge on any atom is -0.481 e. The maximum atomic E-state index is 10.4. The molecule has 5 nitrogen and oxygen atoms in total. The molecule has 0 saturated heterocycles. The van der Waals surface area contributed by atoms with Crippen LogP contribution in [0.5, 0.6) is 0 Å². The Morgan fingerprint density at radius 1 is 1.31 bits per heavy atom. The van der Waals surface area contributed by atoms with Crippen molar-refractivity contribution in [1.29, 1.82) is 0 Å². The van der Waals surface area contributed by atoms with Gasteiger partial charge in [-0.15, -0.1) is 0 Å². The number of carbonyl (C=O) groups is 2. The lowest BCUT2D eigenvalue weighted by Gasteiger charge is -2.23. The van der Waals surface area contributed by atoms with Gasteiger partial charge < -0.3 is 20.1 Å². The number of aliphatic hydroxyl groups is 2. The van der Waals surface area contributed by atoms with E-state index in [0.29, 0.717) is 0 Å². The van der Waals surface area contributed by atoms with Crippen molar-refractivity contribution in [3.05, 3.63) is 0 Å². The van der Waals surface area contributed by atoms with Crippen LogP contribution in [0.25, 0.3) is 0 Å². The van der Waals surface area contributed by atoms with Crippen LogP contribution in [0.4, 0.5) is 0 Å². The van der Waals surface area contributed by atoms with Crippen LogP contribution in [0.3, 0.4) is 0 Å². The molecule has 0 aliphatic rings. The summed E-state index contributed by atoms with van der Waals surface area (Å²) in [5.74, 6) is -2.93. The summed E-state index contributed by atoms with van der Waals surface area (Å²) in [6.07, 6.45) is -2.27. The molecule has 5 heteroatoms. The van der Waals surface area contributed by atoms with Crippen molar-refractivity contribution in [3.63, 3.8) is 0 Å². The lowest BCUT2D eigenvalue weighted by Crippen LogP contribution is -2.37. The van der Waals surface area contributed by atoms with E-state index in [-0.39, 0.29) is 6.29 Å². The van der Waals surface area contributed by atoms with Gasteiger partial charge in [-0.2, -0.15) is 0 Å². The summed E-state index contributed by atoms with van der Waals surface area (Å²) in [7, 11) is 0. The fourth-order valence-electron chi connectivity index (χ4n) is 0.927. The minimum absolute atomic E-state index is 0.280. The van der Waals surface area contributed by atoms with Crippen molar-refractivity contribution in [2.75, 3.05) is 0 Å². The van der Waals surface area contributed by atoms with Crippen molar-refractivity contribution < 1.29 is 24.9 Å². The van der Waals surface area contributed by atoms with Crippen LogP contribution in [-0.4, -0.2) is 39.8 Å². The van der Waals surface area contributed by atoms with E-state index in [9.17, 15) is 14.7 Å². The Kier molecular flexibility index (Phi) is 4.58. The molecule has 0 aromatic rings. The number of carboxylic acids is 1. The smallest absolute Gasteiger partial charge is 0.308 e. The molecule has 0 heterocycles. The Labute approximate surface area is 76.0 Å². The first-order valence-electron chi connectivity index (χ1n) is 3.96. The molecule has 0 rings (SSSR count).